The van der Waals surface area contributed by atoms with Crippen LogP contribution in [0, 0.1) is 0 Å². The number of hydrogen-bond acceptors (Lipinski definition) is 7. The molecule has 23 heavy (non-hydrogen) atoms. The van der Waals surface area contributed by atoms with Crippen molar-refractivity contribution >= 4 is 23.1 Å². The van der Waals surface area contributed by atoms with Gasteiger partial charge in [0.2, 0.25) is 5.95 Å². The summed E-state index contributed by atoms with van der Waals surface area (Å²) in [4.78, 5) is 12.7. The van der Waals surface area contributed by atoms with Crippen molar-refractivity contribution in [2.75, 3.05) is 11.5 Å². The highest BCUT2D eigenvalue weighted by molar-refractivity contribution is 7.13. The van der Waals surface area contributed by atoms with Crippen molar-refractivity contribution in [3.05, 3.63) is 47.1 Å². The van der Waals surface area contributed by atoms with Crippen LogP contribution in [0.25, 0.3) is 10.6 Å². The molecule has 3 aromatic rings. The first-order valence-electron chi connectivity index (χ1n) is 7.22. The number of aromatic nitrogens is 3. The van der Waals surface area contributed by atoms with Crippen LogP contribution in [-0.4, -0.2) is 15.0 Å². The maximum atomic E-state index is 5.88. The van der Waals surface area contributed by atoms with Gasteiger partial charge in [-0.05, 0) is 6.42 Å². The zero-order valence-corrected chi connectivity index (χ0v) is 13.5. The third-order valence-electron chi connectivity index (χ3n) is 3.25. The third-order valence-corrected chi connectivity index (χ3v) is 4.19. The molecule has 0 fully saturated rings. The molecule has 0 saturated heterocycles. The molecule has 0 aliphatic carbocycles. The van der Waals surface area contributed by atoms with Gasteiger partial charge in [0.1, 0.15) is 11.6 Å². The standard InChI is InChI=1S/C16H17N5OS/c1-2-12-13(14(17)21-16(18)20-12)22-8-11-9-23-15(19-11)10-6-4-3-5-7-10/h3-7,9H,2,8H2,1H3,(H4,17,18,20,21). The van der Waals surface area contributed by atoms with Crippen molar-refractivity contribution in [1.29, 1.82) is 0 Å². The molecule has 0 amide bonds. The fraction of sp³-hybridized carbons (Fsp3) is 0.188. The van der Waals surface area contributed by atoms with E-state index in [0.29, 0.717) is 24.5 Å². The largest absolute Gasteiger partial charge is 0.481 e. The van der Waals surface area contributed by atoms with Crippen LogP contribution in [-0.2, 0) is 13.0 Å². The van der Waals surface area contributed by atoms with Crippen molar-refractivity contribution < 1.29 is 4.74 Å². The smallest absolute Gasteiger partial charge is 0.222 e. The zero-order chi connectivity index (χ0) is 16.2. The summed E-state index contributed by atoms with van der Waals surface area (Å²) in [5, 5.41) is 2.93. The van der Waals surface area contributed by atoms with Gasteiger partial charge in [0, 0.05) is 10.9 Å². The average molecular weight is 327 g/mol. The summed E-state index contributed by atoms with van der Waals surface area (Å²) in [5.41, 5.74) is 14.1. The Labute approximate surface area is 138 Å². The van der Waals surface area contributed by atoms with Crippen LogP contribution in [0.4, 0.5) is 11.8 Å². The molecule has 7 heteroatoms. The number of hydrogen-bond donors (Lipinski definition) is 2. The van der Waals surface area contributed by atoms with E-state index in [-0.39, 0.29) is 11.8 Å². The first kappa shape index (κ1) is 15.2. The Hall–Kier alpha value is -2.67. The lowest BCUT2D eigenvalue weighted by Gasteiger charge is -2.11. The van der Waals surface area contributed by atoms with E-state index in [9.17, 15) is 0 Å². The summed E-state index contributed by atoms with van der Waals surface area (Å²) in [7, 11) is 0. The molecule has 0 unspecified atom stereocenters. The van der Waals surface area contributed by atoms with E-state index in [1.165, 1.54) is 0 Å². The summed E-state index contributed by atoms with van der Waals surface area (Å²) >= 11 is 1.58. The molecule has 0 aliphatic rings. The molecule has 0 atom stereocenters. The average Bonchev–Trinajstić information content (AvgIpc) is 3.03. The molecule has 4 N–H and O–H groups in total. The Morgan fingerprint density at radius 1 is 1.09 bits per heavy atom. The Morgan fingerprint density at radius 3 is 2.61 bits per heavy atom. The van der Waals surface area contributed by atoms with Crippen LogP contribution in [0.15, 0.2) is 35.7 Å². The second kappa shape index (κ2) is 6.62. The monoisotopic (exact) mass is 327 g/mol. The third kappa shape index (κ3) is 3.40. The van der Waals surface area contributed by atoms with Gasteiger partial charge < -0.3 is 16.2 Å². The van der Waals surface area contributed by atoms with Gasteiger partial charge in [-0.2, -0.15) is 4.98 Å². The Kier molecular flexibility index (Phi) is 4.38. The van der Waals surface area contributed by atoms with Crippen molar-refractivity contribution in [2.24, 2.45) is 0 Å². The van der Waals surface area contributed by atoms with E-state index in [2.05, 4.69) is 15.0 Å². The first-order valence-corrected chi connectivity index (χ1v) is 8.09. The van der Waals surface area contributed by atoms with E-state index < -0.39 is 0 Å². The van der Waals surface area contributed by atoms with Gasteiger partial charge in [-0.15, -0.1) is 11.3 Å². The lowest BCUT2D eigenvalue weighted by Crippen LogP contribution is -2.08. The van der Waals surface area contributed by atoms with E-state index >= 15 is 0 Å². The fourth-order valence-electron chi connectivity index (χ4n) is 2.17. The minimum Gasteiger partial charge on any atom is -0.481 e. The normalized spacial score (nSPS) is 10.7. The fourth-order valence-corrected chi connectivity index (χ4v) is 2.98. The molecule has 0 saturated carbocycles. The van der Waals surface area contributed by atoms with E-state index in [1.54, 1.807) is 11.3 Å². The second-order valence-corrected chi connectivity index (χ2v) is 5.75. The highest BCUT2D eigenvalue weighted by Gasteiger charge is 2.13. The summed E-state index contributed by atoms with van der Waals surface area (Å²) < 4.78 is 5.79. The quantitative estimate of drug-likeness (QED) is 0.747. The lowest BCUT2D eigenvalue weighted by molar-refractivity contribution is 0.298. The van der Waals surface area contributed by atoms with E-state index in [4.69, 9.17) is 16.2 Å². The number of anilines is 2. The van der Waals surface area contributed by atoms with E-state index in [0.717, 1.165) is 16.3 Å². The first-order chi connectivity index (χ1) is 11.2. The van der Waals surface area contributed by atoms with Crippen LogP contribution < -0.4 is 16.2 Å². The topological polar surface area (TPSA) is 99.9 Å². The molecule has 2 aromatic heterocycles. The zero-order valence-electron chi connectivity index (χ0n) is 12.7. The molecule has 3 rings (SSSR count). The van der Waals surface area contributed by atoms with Gasteiger partial charge in [0.05, 0.1) is 11.4 Å². The maximum absolute atomic E-state index is 5.88. The van der Waals surface area contributed by atoms with Crippen LogP contribution in [0.1, 0.15) is 18.3 Å². The van der Waals surface area contributed by atoms with Gasteiger partial charge >= 0.3 is 0 Å². The van der Waals surface area contributed by atoms with Gasteiger partial charge in [-0.1, -0.05) is 37.3 Å². The molecule has 2 heterocycles. The lowest BCUT2D eigenvalue weighted by atomic mass is 10.2. The number of thiazole rings is 1. The summed E-state index contributed by atoms with van der Waals surface area (Å²) in [6.07, 6.45) is 0.665. The molecular weight excluding hydrogens is 310 g/mol. The molecule has 0 aliphatic heterocycles. The molecule has 0 spiro atoms. The van der Waals surface area contributed by atoms with Gasteiger partial charge in [-0.3, -0.25) is 0 Å². The minimum atomic E-state index is 0.159. The summed E-state index contributed by atoms with van der Waals surface area (Å²) in [5.74, 6) is 0.899. The molecule has 118 valence electrons. The number of nitrogens with two attached hydrogens (primary N) is 2. The van der Waals surface area contributed by atoms with Crippen LogP contribution in [0.5, 0.6) is 5.75 Å². The van der Waals surface area contributed by atoms with Crippen molar-refractivity contribution in [2.45, 2.75) is 20.0 Å². The number of ether oxygens (including phenoxy) is 1. The van der Waals surface area contributed by atoms with Gasteiger partial charge in [0.15, 0.2) is 11.6 Å². The number of nitrogens with zero attached hydrogens (tertiary/aromatic N) is 3. The van der Waals surface area contributed by atoms with E-state index in [1.807, 2.05) is 42.6 Å². The Balaban J connectivity index is 1.76. The summed E-state index contributed by atoms with van der Waals surface area (Å²) in [6.45, 7) is 2.28. The van der Waals surface area contributed by atoms with Crippen molar-refractivity contribution in [1.82, 2.24) is 15.0 Å². The van der Waals surface area contributed by atoms with Crippen molar-refractivity contribution in [3.8, 4) is 16.3 Å². The predicted octanol–water partition coefficient (Wildman–Crippen LogP) is 2.91. The molecule has 0 radical (unpaired) electrons. The molecule has 0 bridgehead atoms. The van der Waals surface area contributed by atoms with Crippen LogP contribution >= 0.6 is 11.3 Å². The second-order valence-electron chi connectivity index (χ2n) is 4.90. The van der Waals surface area contributed by atoms with Gasteiger partial charge in [0.25, 0.3) is 0 Å². The number of nitrogen functional groups attached to an aromatic ring is 2. The highest BCUT2D eigenvalue weighted by atomic mass is 32.1. The highest BCUT2D eigenvalue weighted by Crippen LogP contribution is 2.27. The maximum Gasteiger partial charge on any atom is 0.222 e. The molecule has 6 nitrogen and oxygen atoms in total. The number of benzene rings is 1. The molecular formula is C16H17N5OS. The Morgan fingerprint density at radius 2 is 1.87 bits per heavy atom. The number of aryl methyl sites for hydroxylation is 1. The molecule has 1 aromatic carbocycles. The van der Waals surface area contributed by atoms with Gasteiger partial charge in [-0.25, -0.2) is 9.97 Å². The van der Waals surface area contributed by atoms with Crippen LogP contribution in [0.3, 0.4) is 0 Å². The SMILES string of the molecule is CCc1nc(N)nc(N)c1OCc1csc(-c2ccccc2)n1. The Bertz CT molecular complexity index is 803. The summed E-state index contributed by atoms with van der Waals surface area (Å²) in [6, 6.07) is 10.0. The predicted molar refractivity (Wildman–Crippen MR) is 92.1 cm³/mol. The number of rotatable bonds is 5. The minimum absolute atomic E-state index is 0.159. The van der Waals surface area contributed by atoms with Crippen LogP contribution in [0.2, 0.25) is 0 Å². The van der Waals surface area contributed by atoms with Crippen molar-refractivity contribution in [3.63, 3.8) is 0 Å².